The fourth-order valence-electron chi connectivity index (χ4n) is 1.39. The van der Waals surface area contributed by atoms with Gasteiger partial charge in [0.1, 0.15) is 5.69 Å². The maximum Gasteiger partial charge on any atom is 0.338 e. The van der Waals surface area contributed by atoms with Gasteiger partial charge in [0.25, 0.3) is 11.6 Å². The predicted molar refractivity (Wildman–Crippen MR) is 66.9 cm³/mol. The molecule has 102 valence electrons. The predicted octanol–water partition coefficient (Wildman–Crippen LogP) is 0.303. The van der Waals surface area contributed by atoms with Crippen LogP contribution in [-0.2, 0) is 9.53 Å². The van der Waals surface area contributed by atoms with Gasteiger partial charge in [-0.3, -0.25) is 14.9 Å². The van der Waals surface area contributed by atoms with Crippen molar-refractivity contribution in [3.63, 3.8) is 0 Å². The molecule has 8 heteroatoms. The van der Waals surface area contributed by atoms with E-state index < -0.39 is 23.4 Å². The van der Waals surface area contributed by atoms with Gasteiger partial charge in [-0.1, -0.05) is 0 Å². The summed E-state index contributed by atoms with van der Waals surface area (Å²) in [5.74, 6) is -1.64. The second kappa shape index (κ2) is 5.80. The maximum absolute atomic E-state index is 11.5. The quantitative estimate of drug-likeness (QED) is 0.466. The molecule has 1 aromatic rings. The molecular formula is C11H13N3O5. The Labute approximate surface area is 108 Å². The van der Waals surface area contributed by atoms with Crippen molar-refractivity contribution in [2.24, 2.45) is 5.73 Å². The van der Waals surface area contributed by atoms with Crippen LogP contribution in [0.3, 0.4) is 0 Å². The highest BCUT2D eigenvalue weighted by Crippen LogP contribution is 2.27. The summed E-state index contributed by atoms with van der Waals surface area (Å²) in [5, 5.41) is 10.9. The van der Waals surface area contributed by atoms with Crippen molar-refractivity contribution in [3.8, 4) is 0 Å². The number of nitrogens with zero attached hydrogens (tertiary/aromatic N) is 2. The van der Waals surface area contributed by atoms with Crippen molar-refractivity contribution < 1.29 is 19.2 Å². The van der Waals surface area contributed by atoms with E-state index in [0.717, 1.165) is 6.07 Å². The Balaban J connectivity index is 3.05. The molecule has 0 saturated heterocycles. The Morgan fingerprint density at radius 3 is 2.53 bits per heavy atom. The molecule has 0 aliphatic carbocycles. The van der Waals surface area contributed by atoms with Crippen molar-refractivity contribution in [3.05, 3.63) is 33.9 Å². The third-order valence-corrected chi connectivity index (χ3v) is 2.24. The van der Waals surface area contributed by atoms with Crippen molar-refractivity contribution in [2.45, 2.75) is 0 Å². The lowest BCUT2D eigenvalue weighted by molar-refractivity contribution is -0.384. The van der Waals surface area contributed by atoms with Gasteiger partial charge >= 0.3 is 5.97 Å². The molecule has 1 amide bonds. The highest BCUT2D eigenvalue weighted by molar-refractivity contribution is 5.92. The van der Waals surface area contributed by atoms with E-state index in [4.69, 9.17) is 5.73 Å². The number of carbonyl (C=O) groups is 2. The molecule has 0 saturated carbocycles. The van der Waals surface area contributed by atoms with Gasteiger partial charge in [0, 0.05) is 20.2 Å². The first-order valence-corrected chi connectivity index (χ1v) is 5.24. The average molecular weight is 267 g/mol. The average Bonchev–Trinajstić information content (AvgIpc) is 2.34. The molecule has 8 nitrogen and oxygen atoms in total. The third-order valence-electron chi connectivity index (χ3n) is 2.24. The van der Waals surface area contributed by atoms with E-state index in [1.54, 1.807) is 19.0 Å². The Hall–Kier alpha value is -2.64. The molecule has 0 atom stereocenters. The van der Waals surface area contributed by atoms with Crippen LogP contribution in [0.4, 0.5) is 11.4 Å². The molecule has 0 aliphatic rings. The van der Waals surface area contributed by atoms with E-state index in [-0.39, 0.29) is 11.3 Å². The van der Waals surface area contributed by atoms with E-state index in [2.05, 4.69) is 4.74 Å². The SMILES string of the molecule is CN(C)c1ccc(C(=O)OCC(N)=O)cc1[N+](=O)[O-]. The fourth-order valence-corrected chi connectivity index (χ4v) is 1.39. The number of nitrogens with two attached hydrogens (primary N) is 1. The number of esters is 1. The number of anilines is 1. The van der Waals surface area contributed by atoms with Crippen LogP contribution >= 0.6 is 0 Å². The summed E-state index contributed by atoms with van der Waals surface area (Å²) in [5.41, 5.74) is 4.95. The number of hydrogen-bond donors (Lipinski definition) is 1. The van der Waals surface area contributed by atoms with E-state index in [1.807, 2.05) is 0 Å². The molecule has 0 unspecified atom stereocenters. The van der Waals surface area contributed by atoms with Gasteiger partial charge in [0.05, 0.1) is 10.5 Å². The van der Waals surface area contributed by atoms with Crippen molar-refractivity contribution in [2.75, 3.05) is 25.6 Å². The molecule has 0 fully saturated rings. The molecule has 0 heterocycles. The normalized spacial score (nSPS) is 9.79. The molecule has 1 rings (SSSR count). The molecule has 0 aromatic heterocycles. The van der Waals surface area contributed by atoms with Crippen LogP contribution in [0.5, 0.6) is 0 Å². The van der Waals surface area contributed by atoms with Crippen LogP contribution < -0.4 is 10.6 Å². The minimum atomic E-state index is -0.841. The zero-order valence-electron chi connectivity index (χ0n) is 10.5. The lowest BCUT2D eigenvalue weighted by Crippen LogP contribution is -2.21. The Morgan fingerprint density at radius 2 is 2.05 bits per heavy atom. The Morgan fingerprint density at radius 1 is 1.42 bits per heavy atom. The number of nitro groups is 1. The number of carbonyl (C=O) groups excluding carboxylic acids is 2. The molecule has 0 bridgehead atoms. The number of rotatable bonds is 5. The highest BCUT2D eigenvalue weighted by Gasteiger charge is 2.19. The summed E-state index contributed by atoms with van der Waals surface area (Å²) in [7, 11) is 3.29. The third kappa shape index (κ3) is 3.66. The Bertz CT molecular complexity index is 527. The molecule has 2 N–H and O–H groups in total. The number of hydrogen-bond acceptors (Lipinski definition) is 6. The minimum Gasteiger partial charge on any atom is -0.452 e. The maximum atomic E-state index is 11.5. The smallest absolute Gasteiger partial charge is 0.338 e. The first kappa shape index (κ1) is 14.4. The van der Waals surface area contributed by atoms with Gasteiger partial charge in [-0.15, -0.1) is 0 Å². The lowest BCUT2D eigenvalue weighted by Gasteiger charge is -2.13. The fraction of sp³-hybridized carbons (Fsp3) is 0.273. The molecular weight excluding hydrogens is 254 g/mol. The zero-order valence-corrected chi connectivity index (χ0v) is 10.5. The lowest BCUT2D eigenvalue weighted by atomic mass is 10.1. The number of benzene rings is 1. The van der Waals surface area contributed by atoms with Crippen LogP contribution in [0, 0.1) is 10.1 Å². The van der Waals surface area contributed by atoms with E-state index in [9.17, 15) is 19.7 Å². The number of ether oxygens (including phenoxy) is 1. The number of amides is 1. The molecule has 0 radical (unpaired) electrons. The second-order valence-corrected chi connectivity index (χ2v) is 3.90. The van der Waals surface area contributed by atoms with Gasteiger partial charge < -0.3 is 15.4 Å². The van der Waals surface area contributed by atoms with Crippen LogP contribution in [0.15, 0.2) is 18.2 Å². The topological polar surface area (TPSA) is 116 Å². The molecule has 0 aliphatic heterocycles. The monoisotopic (exact) mass is 267 g/mol. The van der Waals surface area contributed by atoms with Crippen LogP contribution in [0.1, 0.15) is 10.4 Å². The van der Waals surface area contributed by atoms with Gasteiger partial charge in [-0.25, -0.2) is 4.79 Å². The summed E-state index contributed by atoms with van der Waals surface area (Å²) < 4.78 is 4.57. The Kier molecular flexibility index (Phi) is 4.41. The first-order chi connectivity index (χ1) is 8.82. The van der Waals surface area contributed by atoms with Crippen molar-refractivity contribution in [1.82, 2.24) is 0 Å². The molecule has 0 spiro atoms. The first-order valence-electron chi connectivity index (χ1n) is 5.24. The van der Waals surface area contributed by atoms with E-state index in [0.29, 0.717) is 5.69 Å². The number of nitro benzene ring substituents is 1. The van der Waals surface area contributed by atoms with Gasteiger partial charge in [0.15, 0.2) is 6.61 Å². The van der Waals surface area contributed by atoms with E-state index >= 15 is 0 Å². The van der Waals surface area contributed by atoms with Crippen LogP contribution in [-0.4, -0.2) is 37.5 Å². The van der Waals surface area contributed by atoms with Gasteiger partial charge in [0.2, 0.25) is 0 Å². The van der Waals surface area contributed by atoms with Crippen LogP contribution in [0.25, 0.3) is 0 Å². The summed E-state index contributed by atoms with van der Waals surface area (Å²) in [6.07, 6.45) is 0. The summed E-state index contributed by atoms with van der Waals surface area (Å²) in [6, 6.07) is 3.91. The zero-order chi connectivity index (χ0) is 14.6. The molecule has 19 heavy (non-hydrogen) atoms. The van der Waals surface area contributed by atoms with Gasteiger partial charge in [-0.2, -0.15) is 0 Å². The summed E-state index contributed by atoms with van der Waals surface area (Å²) >= 11 is 0. The summed E-state index contributed by atoms with van der Waals surface area (Å²) in [4.78, 5) is 33.9. The number of primary amides is 1. The largest absolute Gasteiger partial charge is 0.452 e. The standard InChI is InChI=1S/C11H13N3O5/c1-13(2)8-4-3-7(5-9(8)14(17)18)11(16)19-6-10(12)15/h3-5H,6H2,1-2H3,(H2,12,15). The van der Waals surface area contributed by atoms with Crippen molar-refractivity contribution >= 4 is 23.3 Å². The van der Waals surface area contributed by atoms with E-state index in [1.165, 1.54) is 12.1 Å². The highest BCUT2D eigenvalue weighted by atomic mass is 16.6. The minimum absolute atomic E-state index is 0.0152. The molecule has 1 aromatic carbocycles. The van der Waals surface area contributed by atoms with Crippen LogP contribution in [0.2, 0.25) is 0 Å². The summed E-state index contributed by atoms with van der Waals surface area (Å²) in [6.45, 7) is -0.567. The van der Waals surface area contributed by atoms with Crippen molar-refractivity contribution in [1.29, 1.82) is 0 Å². The van der Waals surface area contributed by atoms with Gasteiger partial charge in [-0.05, 0) is 12.1 Å². The second-order valence-electron chi connectivity index (χ2n) is 3.90.